The molecule has 8 nitrogen and oxygen atoms in total. The molecule has 166 valence electrons. The van der Waals surface area contributed by atoms with Crippen molar-refractivity contribution in [3.8, 4) is 11.8 Å². The molecule has 10 heteroatoms. The summed E-state index contributed by atoms with van der Waals surface area (Å²) in [5, 5.41) is 25.4. The number of carbonyl (C=O) groups is 1. The Balaban J connectivity index is 1.56. The number of esters is 1. The molecule has 3 aromatic heterocycles. The van der Waals surface area contributed by atoms with E-state index in [4.69, 9.17) is 16.3 Å². The molecule has 2 aliphatic carbocycles. The largest absolute Gasteiger partial charge is 0.465 e. The molecule has 2 saturated carbocycles. The number of thiophene rings is 1. The van der Waals surface area contributed by atoms with Crippen molar-refractivity contribution in [2.45, 2.75) is 31.6 Å². The van der Waals surface area contributed by atoms with Gasteiger partial charge in [-0.2, -0.15) is 0 Å². The average molecular weight is 473 g/mol. The van der Waals surface area contributed by atoms with Crippen molar-refractivity contribution in [2.75, 3.05) is 19.0 Å². The highest BCUT2D eigenvalue weighted by molar-refractivity contribution is 7.16. The molecular formula is C22H21ClN4O4S. The molecule has 3 aromatic rings. The lowest BCUT2D eigenvalue weighted by molar-refractivity contribution is -0.156. The van der Waals surface area contributed by atoms with E-state index in [0.29, 0.717) is 28.0 Å². The second-order valence-electron chi connectivity index (χ2n) is 7.96. The fraction of sp³-hybridized carbons (Fsp3) is 0.409. The van der Waals surface area contributed by atoms with Gasteiger partial charge in [0.15, 0.2) is 0 Å². The van der Waals surface area contributed by atoms with Crippen LogP contribution < -0.4 is 5.32 Å². The number of ether oxygens (including phenoxy) is 1. The molecule has 5 atom stereocenters. The van der Waals surface area contributed by atoms with Gasteiger partial charge in [0.05, 0.1) is 33.4 Å². The van der Waals surface area contributed by atoms with E-state index >= 15 is 0 Å². The van der Waals surface area contributed by atoms with E-state index in [0.717, 1.165) is 10.3 Å². The second kappa shape index (κ2) is 7.74. The number of aromatic nitrogens is 3. The Morgan fingerprint density at radius 1 is 1.38 bits per heavy atom. The predicted molar refractivity (Wildman–Crippen MR) is 121 cm³/mol. The van der Waals surface area contributed by atoms with Gasteiger partial charge in [-0.05, 0) is 43.4 Å². The summed E-state index contributed by atoms with van der Waals surface area (Å²) in [6.07, 6.45) is -0.0483. The Labute approximate surface area is 193 Å². The van der Waals surface area contributed by atoms with Crippen LogP contribution in [0.15, 0.2) is 24.4 Å². The molecule has 32 heavy (non-hydrogen) atoms. The number of carbonyl (C=O) groups excluding carboxylic acids is 1. The van der Waals surface area contributed by atoms with Crippen LogP contribution in [0.4, 0.5) is 5.82 Å². The zero-order chi connectivity index (χ0) is 22.6. The van der Waals surface area contributed by atoms with Gasteiger partial charge in [-0.1, -0.05) is 11.6 Å². The lowest BCUT2D eigenvalue weighted by atomic mass is 9.99. The van der Waals surface area contributed by atoms with Gasteiger partial charge in [0.1, 0.15) is 23.0 Å². The highest BCUT2D eigenvalue weighted by atomic mass is 35.5. The van der Waals surface area contributed by atoms with E-state index in [1.807, 2.05) is 16.7 Å². The third-order valence-electron chi connectivity index (χ3n) is 6.33. The van der Waals surface area contributed by atoms with Crippen LogP contribution >= 0.6 is 22.9 Å². The molecule has 2 fully saturated rings. The lowest BCUT2D eigenvalue weighted by Gasteiger charge is -2.24. The van der Waals surface area contributed by atoms with Crippen molar-refractivity contribution in [3.05, 3.63) is 39.4 Å². The minimum atomic E-state index is -1.19. The highest BCUT2D eigenvalue weighted by Gasteiger charge is 2.76. The first-order valence-corrected chi connectivity index (χ1v) is 11.5. The molecule has 3 heterocycles. The Hall–Kier alpha value is -2.64. The molecule has 5 rings (SSSR count). The summed E-state index contributed by atoms with van der Waals surface area (Å²) >= 11 is 7.34. The molecule has 0 unspecified atom stereocenters. The maximum Gasteiger partial charge on any atom is 0.315 e. The Morgan fingerprint density at radius 2 is 2.19 bits per heavy atom. The predicted octanol–water partition coefficient (Wildman–Crippen LogP) is 2.43. The quantitative estimate of drug-likeness (QED) is 0.395. The van der Waals surface area contributed by atoms with Crippen LogP contribution in [0.25, 0.3) is 11.0 Å². The number of rotatable bonds is 4. The smallest absolute Gasteiger partial charge is 0.315 e. The van der Waals surface area contributed by atoms with Gasteiger partial charge in [0.25, 0.3) is 0 Å². The number of hydrogen-bond donors (Lipinski definition) is 3. The molecule has 2 aliphatic rings. The van der Waals surface area contributed by atoms with E-state index < -0.39 is 29.6 Å². The van der Waals surface area contributed by atoms with Gasteiger partial charge in [-0.15, -0.1) is 11.3 Å². The fourth-order valence-electron chi connectivity index (χ4n) is 4.80. The van der Waals surface area contributed by atoms with Gasteiger partial charge in [-0.25, -0.2) is 9.97 Å². The molecule has 0 aliphatic heterocycles. The summed E-state index contributed by atoms with van der Waals surface area (Å²) in [4.78, 5) is 22.5. The maximum absolute atomic E-state index is 12.6. The molecule has 3 N–H and O–H groups in total. The standard InChI is InChI=1S/C22H21ClN4O4S/c1-3-31-21(30)22-10-13(22)16(17(28)18(22)29)27-9-8-12-19(24-2)25-15(26-20(12)27)7-5-11-4-6-14(23)32-11/h4,6,8-9,13,16-18,28-29H,3,10H2,1-2H3,(H,24,25,26)/t13-,16-,17+,18+,22+/m1/s1. The number of nitrogens with zero attached hydrogens (tertiary/aromatic N) is 3. The van der Waals surface area contributed by atoms with E-state index in [-0.39, 0.29) is 12.5 Å². The Bertz CT molecular complexity index is 1280. The number of fused-ring (bicyclic) bond motifs is 2. The topological polar surface area (TPSA) is 110 Å². The number of nitrogens with one attached hydrogen (secondary N) is 1. The van der Waals surface area contributed by atoms with E-state index in [1.165, 1.54) is 11.3 Å². The zero-order valence-corrected chi connectivity index (χ0v) is 18.9. The zero-order valence-electron chi connectivity index (χ0n) is 17.4. The minimum Gasteiger partial charge on any atom is -0.465 e. The van der Waals surface area contributed by atoms with Gasteiger partial charge in [0.2, 0.25) is 5.82 Å². The van der Waals surface area contributed by atoms with Crippen LogP contribution in [0.2, 0.25) is 4.34 Å². The van der Waals surface area contributed by atoms with E-state index in [9.17, 15) is 15.0 Å². The van der Waals surface area contributed by atoms with E-state index in [1.54, 1.807) is 26.2 Å². The van der Waals surface area contributed by atoms with Gasteiger partial charge in [0, 0.05) is 19.2 Å². The summed E-state index contributed by atoms with van der Waals surface area (Å²) in [7, 11) is 1.76. The minimum absolute atomic E-state index is 0.226. The van der Waals surface area contributed by atoms with Gasteiger partial charge in [-0.3, -0.25) is 4.79 Å². The van der Waals surface area contributed by atoms with Crippen LogP contribution in [0.3, 0.4) is 0 Å². The first-order chi connectivity index (χ1) is 15.4. The summed E-state index contributed by atoms with van der Waals surface area (Å²) in [6, 6.07) is 4.95. The Kier molecular flexibility index (Phi) is 5.13. The molecular weight excluding hydrogens is 452 g/mol. The van der Waals surface area contributed by atoms with Crippen LogP contribution in [-0.2, 0) is 9.53 Å². The number of hydrogen-bond acceptors (Lipinski definition) is 8. The number of anilines is 1. The van der Waals surface area contributed by atoms with Crippen molar-refractivity contribution < 1.29 is 19.7 Å². The van der Waals surface area contributed by atoms with Crippen LogP contribution in [0, 0.1) is 23.2 Å². The fourth-order valence-corrected chi connectivity index (χ4v) is 5.70. The van der Waals surface area contributed by atoms with Crippen molar-refractivity contribution in [1.29, 1.82) is 0 Å². The first-order valence-electron chi connectivity index (χ1n) is 10.3. The normalized spacial score (nSPS) is 28.2. The number of aliphatic hydroxyl groups is 2. The summed E-state index contributed by atoms with van der Waals surface area (Å²) < 4.78 is 7.66. The molecule has 0 bridgehead atoms. The van der Waals surface area contributed by atoms with Crippen LogP contribution in [0.1, 0.15) is 30.1 Å². The third-order valence-corrected chi connectivity index (χ3v) is 7.48. The summed E-state index contributed by atoms with van der Waals surface area (Å²) in [5.41, 5.74) is -0.489. The summed E-state index contributed by atoms with van der Waals surface area (Å²) in [6.45, 7) is 1.95. The molecule has 0 aromatic carbocycles. The lowest BCUT2D eigenvalue weighted by Crippen LogP contribution is -2.38. The van der Waals surface area contributed by atoms with E-state index in [2.05, 4.69) is 27.1 Å². The molecule has 0 radical (unpaired) electrons. The monoisotopic (exact) mass is 472 g/mol. The third kappa shape index (κ3) is 3.10. The van der Waals surface area contributed by atoms with Crippen molar-refractivity contribution in [3.63, 3.8) is 0 Å². The maximum atomic E-state index is 12.6. The Morgan fingerprint density at radius 3 is 2.88 bits per heavy atom. The highest BCUT2D eigenvalue weighted by Crippen LogP contribution is 2.68. The van der Waals surface area contributed by atoms with Crippen molar-refractivity contribution >= 4 is 45.8 Å². The van der Waals surface area contributed by atoms with Gasteiger partial charge >= 0.3 is 5.97 Å². The number of halogens is 1. The SMILES string of the molecule is CCOC(=O)[C@@]12C[C@@H]1[C@@H](n1ccc3c(NC)nc(C#Cc4ccc(Cl)s4)nc31)[C@H](O)[C@@H]2O. The number of aliphatic hydroxyl groups excluding tert-OH is 2. The molecule has 0 spiro atoms. The van der Waals surface area contributed by atoms with Crippen molar-refractivity contribution in [2.24, 2.45) is 11.3 Å². The molecule has 0 amide bonds. The van der Waals surface area contributed by atoms with Gasteiger partial charge < -0.3 is 24.8 Å². The van der Waals surface area contributed by atoms with Crippen molar-refractivity contribution in [1.82, 2.24) is 14.5 Å². The first kappa shape index (κ1) is 21.2. The summed E-state index contributed by atoms with van der Waals surface area (Å²) in [5.74, 6) is 6.21. The van der Waals surface area contributed by atoms with Crippen LogP contribution in [0.5, 0.6) is 0 Å². The average Bonchev–Trinajstić information content (AvgIpc) is 3.03. The van der Waals surface area contributed by atoms with Crippen LogP contribution in [-0.4, -0.2) is 56.6 Å². The second-order valence-corrected chi connectivity index (χ2v) is 9.67. The molecule has 0 saturated heterocycles.